The van der Waals surface area contributed by atoms with Gasteiger partial charge < -0.3 is 9.64 Å². The van der Waals surface area contributed by atoms with Gasteiger partial charge in [-0.2, -0.15) is 0 Å². The Hall–Kier alpha value is -2.69. The number of esters is 1. The van der Waals surface area contributed by atoms with Gasteiger partial charge in [0.25, 0.3) is 0 Å². The van der Waals surface area contributed by atoms with Crippen molar-refractivity contribution >= 4 is 18.0 Å². The summed E-state index contributed by atoms with van der Waals surface area (Å²) in [5, 5.41) is 0. The first-order valence-electron chi connectivity index (χ1n) is 8.59. The van der Waals surface area contributed by atoms with Crippen LogP contribution in [0.1, 0.15) is 39.5 Å². The predicted molar refractivity (Wildman–Crippen MR) is 103 cm³/mol. The number of rotatable bonds is 6. The van der Waals surface area contributed by atoms with E-state index in [0.717, 1.165) is 23.4 Å². The number of halogens is 1. The Kier molecular flexibility index (Phi) is 6.50. The van der Waals surface area contributed by atoms with Gasteiger partial charge in [-0.05, 0) is 68.1 Å². The molecule has 0 atom stereocenters. The van der Waals surface area contributed by atoms with Gasteiger partial charge in [0.05, 0.1) is 17.6 Å². The van der Waals surface area contributed by atoms with E-state index in [1.165, 1.54) is 6.07 Å². The molecule has 0 aromatic heterocycles. The van der Waals surface area contributed by atoms with Crippen LogP contribution in [-0.4, -0.2) is 30.8 Å². The van der Waals surface area contributed by atoms with Gasteiger partial charge >= 0.3 is 5.97 Å². The molecule has 138 valence electrons. The molecule has 0 radical (unpaired) electrons. The maximum Gasteiger partial charge on any atom is 0.338 e. The molecule has 4 nitrogen and oxygen atoms in total. The highest BCUT2D eigenvalue weighted by atomic mass is 19.1. The molecule has 0 aliphatic carbocycles. The van der Waals surface area contributed by atoms with E-state index in [2.05, 4.69) is 4.99 Å². The van der Waals surface area contributed by atoms with Crippen molar-refractivity contribution in [3.8, 4) is 0 Å². The summed E-state index contributed by atoms with van der Waals surface area (Å²) in [5.41, 5.74) is 4.19. The van der Waals surface area contributed by atoms with Crippen molar-refractivity contribution in [3.05, 3.63) is 64.0 Å². The van der Waals surface area contributed by atoms with Crippen LogP contribution < -0.4 is 0 Å². The van der Waals surface area contributed by atoms with Crippen LogP contribution in [0.2, 0.25) is 0 Å². The number of ether oxygens (including phenoxy) is 1. The average Bonchev–Trinajstić information content (AvgIpc) is 2.62. The number of hydrogen-bond acceptors (Lipinski definition) is 3. The van der Waals surface area contributed by atoms with E-state index in [9.17, 15) is 9.18 Å². The van der Waals surface area contributed by atoms with Crippen LogP contribution in [0.5, 0.6) is 0 Å². The smallest absolute Gasteiger partial charge is 0.338 e. The minimum Gasteiger partial charge on any atom is -0.457 e. The van der Waals surface area contributed by atoms with E-state index in [4.69, 9.17) is 4.74 Å². The molecular formula is C21H25FN2O2. The zero-order valence-corrected chi connectivity index (χ0v) is 16.0. The normalized spacial score (nSPS) is 11.0. The lowest BCUT2D eigenvalue weighted by molar-refractivity contribution is 0.0471. The van der Waals surface area contributed by atoms with Crippen molar-refractivity contribution in [2.45, 2.75) is 34.3 Å². The van der Waals surface area contributed by atoms with E-state index < -0.39 is 5.97 Å². The Morgan fingerprint density at radius 3 is 2.54 bits per heavy atom. The van der Waals surface area contributed by atoms with Crippen LogP contribution >= 0.6 is 0 Å². The lowest BCUT2D eigenvalue weighted by Crippen LogP contribution is -2.14. The second kappa shape index (κ2) is 8.61. The molecular weight excluding hydrogens is 331 g/mol. The number of benzene rings is 2. The first kappa shape index (κ1) is 19.6. The average molecular weight is 356 g/mol. The molecule has 0 unspecified atom stereocenters. The molecule has 0 heterocycles. The van der Waals surface area contributed by atoms with Gasteiger partial charge in [-0.15, -0.1) is 0 Å². The number of hydrogen-bond donors (Lipinski definition) is 0. The second-order valence-corrected chi connectivity index (χ2v) is 6.43. The van der Waals surface area contributed by atoms with Crippen molar-refractivity contribution in [3.63, 3.8) is 0 Å². The van der Waals surface area contributed by atoms with Crippen LogP contribution in [0.15, 0.2) is 35.3 Å². The van der Waals surface area contributed by atoms with E-state index in [1.54, 1.807) is 31.5 Å². The fourth-order valence-corrected chi connectivity index (χ4v) is 2.36. The van der Waals surface area contributed by atoms with Crippen LogP contribution in [0.4, 0.5) is 10.1 Å². The van der Waals surface area contributed by atoms with Crippen LogP contribution in [0, 0.1) is 26.6 Å². The Balaban J connectivity index is 2.12. The lowest BCUT2D eigenvalue weighted by Gasteiger charge is -2.12. The monoisotopic (exact) mass is 356 g/mol. The topological polar surface area (TPSA) is 41.9 Å². The summed E-state index contributed by atoms with van der Waals surface area (Å²) in [4.78, 5) is 18.8. The maximum atomic E-state index is 13.6. The fraction of sp³-hybridized carbons (Fsp3) is 0.333. The quantitative estimate of drug-likeness (QED) is 0.427. The van der Waals surface area contributed by atoms with Gasteiger partial charge in [0.2, 0.25) is 0 Å². The molecule has 0 N–H and O–H groups in total. The third kappa shape index (κ3) is 4.91. The molecule has 5 heteroatoms. The number of aliphatic imine (C=N–C) groups is 1. The molecule has 0 saturated carbocycles. The molecule has 0 bridgehead atoms. The first-order valence-corrected chi connectivity index (χ1v) is 8.59. The van der Waals surface area contributed by atoms with Gasteiger partial charge in [-0.3, -0.25) is 0 Å². The molecule has 2 aromatic carbocycles. The second-order valence-electron chi connectivity index (χ2n) is 6.43. The van der Waals surface area contributed by atoms with Gasteiger partial charge in [0.1, 0.15) is 12.4 Å². The largest absolute Gasteiger partial charge is 0.457 e. The SMILES string of the molecule is CCN(C)C=Nc1cc(C)c(C(=O)OCc2ccc(C)c(F)c2)cc1C. The van der Waals surface area contributed by atoms with Gasteiger partial charge in [-0.1, -0.05) is 12.1 Å². The van der Waals surface area contributed by atoms with Crippen LogP contribution in [0.25, 0.3) is 0 Å². The first-order chi connectivity index (χ1) is 12.3. The van der Waals surface area contributed by atoms with Crippen molar-refractivity contribution in [2.75, 3.05) is 13.6 Å². The number of carbonyl (C=O) groups excluding carboxylic acids is 1. The van der Waals surface area contributed by atoms with Crippen molar-refractivity contribution in [1.29, 1.82) is 0 Å². The zero-order valence-electron chi connectivity index (χ0n) is 16.0. The van der Waals surface area contributed by atoms with Gasteiger partial charge in [-0.25, -0.2) is 14.2 Å². The molecule has 0 spiro atoms. The highest BCUT2D eigenvalue weighted by molar-refractivity contribution is 5.92. The van der Waals surface area contributed by atoms with Gasteiger partial charge in [0.15, 0.2) is 0 Å². The molecule has 0 fully saturated rings. The molecule has 0 saturated heterocycles. The van der Waals surface area contributed by atoms with Crippen molar-refractivity contribution in [1.82, 2.24) is 4.90 Å². The van der Waals surface area contributed by atoms with Crippen molar-refractivity contribution in [2.24, 2.45) is 4.99 Å². The molecule has 2 aromatic rings. The maximum absolute atomic E-state index is 13.6. The Bertz CT molecular complexity index is 831. The molecule has 0 aliphatic heterocycles. The summed E-state index contributed by atoms with van der Waals surface area (Å²) in [5.74, 6) is -0.724. The summed E-state index contributed by atoms with van der Waals surface area (Å²) >= 11 is 0. The third-order valence-electron chi connectivity index (χ3n) is 4.26. The highest BCUT2D eigenvalue weighted by Crippen LogP contribution is 2.24. The predicted octanol–water partition coefficient (Wildman–Crippen LogP) is 4.72. The standard InChI is InChI=1S/C21H25FN2O2/c1-6-24(5)13-23-20-10-15(3)18(9-16(20)4)21(25)26-12-17-8-7-14(2)19(22)11-17/h7-11,13H,6,12H2,1-5H3. The lowest BCUT2D eigenvalue weighted by atomic mass is 10.0. The molecule has 0 aliphatic rings. The Labute approximate surface area is 154 Å². The molecule has 0 amide bonds. The fourth-order valence-electron chi connectivity index (χ4n) is 2.36. The number of nitrogens with zero attached hydrogens (tertiary/aromatic N) is 2. The summed E-state index contributed by atoms with van der Waals surface area (Å²) < 4.78 is 18.9. The number of carbonyl (C=O) groups is 1. The Morgan fingerprint density at radius 2 is 1.88 bits per heavy atom. The molecule has 2 rings (SSSR count). The van der Waals surface area contributed by atoms with E-state index in [1.807, 2.05) is 38.8 Å². The Morgan fingerprint density at radius 1 is 1.15 bits per heavy atom. The van der Waals surface area contributed by atoms with E-state index >= 15 is 0 Å². The van der Waals surface area contributed by atoms with Crippen LogP contribution in [0.3, 0.4) is 0 Å². The summed E-state index contributed by atoms with van der Waals surface area (Å²) in [7, 11) is 1.95. The van der Waals surface area contributed by atoms with Gasteiger partial charge in [0, 0.05) is 13.6 Å². The van der Waals surface area contributed by atoms with Crippen LogP contribution in [-0.2, 0) is 11.3 Å². The van der Waals surface area contributed by atoms with Crippen molar-refractivity contribution < 1.29 is 13.9 Å². The summed E-state index contributed by atoms with van der Waals surface area (Å²) in [6.07, 6.45) is 1.77. The molecule has 26 heavy (non-hydrogen) atoms. The minimum atomic E-state index is -0.423. The highest BCUT2D eigenvalue weighted by Gasteiger charge is 2.13. The van der Waals surface area contributed by atoms with E-state index in [0.29, 0.717) is 16.7 Å². The summed E-state index contributed by atoms with van der Waals surface area (Å²) in [6.45, 7) is 8.40. The number of aryl methyl sites for hydroxylation is 3. The van der Waals surface area contributed by atoms with E-state index in [-0.39, 0.29) is 12.4 Å². The minimum absolute atomic E-state index is 0.0374. The zero-order chi connectivity index (χ0) is 19.3. The summed E-state index contributed by atoms with van der Waals surface area (Å²) in [6, 6.07) is 8.48. The third-order valence-corrected chi connectivity index (χ3v) is 4.26.